The Labute approximate surface area is 355 Å². The predicted molar refractivity (Wildman–Crippen MR) is 248 cm³/mol. The molecule has 294 valence electrons. The first-order chi connectivity index (χ1) is 29.7. The molecule has 8 aromatic rings. The normalized spacial score (nSPS) is 13.1. The SMILES string of the molecule is C=C(C)C(=O)OCCCC1(COC(=O)C(=C)C)c2cc(-c3ccc4c5c(cccc35)-c3ccccc3-4)ccc2-c2ccc(-c3ccc4c5c(cccc35)-c3ccccc3-4)cc21. The lowest BCUT2D eigenvalue weighted by atomic mass is 9.74. The van der Waals surface area contributed by atoms with Crippen LogP contribution in [-0.2, 0) is 24.5 Å². The summed E-state index contributed by atoms with van der Waals surface area (Å²) < 4.78 is 11.9. The minimum absolute atomic E-state index is 0.0956. The van der Waals surface area contributed by atoms with E-state index in [-0.39, 0.29) is 13.2 Å². The number of rotatable bonds is 10. The molecule has 4 nitrogen and oxygen atoms in total. The van der Waals surface area contributed by atoms with Gasteiger partial charge in [-0.2, -0.15) is 0 Å². The van der Waals surface area contributed by atoms with E-state index in [9.17, 15) is 9.59 Å². The lowest BCUT2D eigenvalue weighted by Gasteiger charge is -2.32. The Morgan fingerprint density at radius 3 is 1.31 bits per heavy atom. The molecule has 0 saturated heterocycles. The van der Waals surface area contributed by atoms with Crippen LogP contribution in [0.4, 0.5) is 0 Å². The van der Waals surface area contributed by atoms with Gasteiger partial charge in [0.1, 0.15) is 6.61 Å². The first-order valence-corrected chi connectivity index (χ1v) is 21.0. The molecule has 0 heterocycles. The molecule has 0 fully saturated rings. The number of hydrogen-bond donors (Lipinski definition) is 0. The first kappa shape index (κ1) is 36.8. The van der Waals surface area contributed by atoms with Gasteiger partial charge >= 0.3 is 11.9 Å². The van der Waals surface area contributed by atoms with E-state index in [0.29, 0.717) is 24.0 Å². The molecule has 0 N–H and O–H groups in total. The predicted octanol–water partition coefficient (Wildman–Crippen LogP) is 13.9. The molecule has 0 bridgehead atoms. The summed E-state index contributed by atoms with van der Waals surface area (Å²) in [6, 6.07) is 53.1. The van der Waals surface area contributed by atoms with Crippen molar-refractivity contribution in [1.29, 1.82) is 0 Å². The summed E-state index contributed by atoms with van der Waals surface area (Å²) >= 11 is 0. The molecule has 4 heteroatoms. The highest BCUT2D eigenvalue weighted by atomic mass is 16.5. The standard InChI is InChI=1S/C57H42O4/c1-33(2)55(58)60-29-11-28-57(32-61-56(59)34(3)4)51-30-35(37-24-26-49-41-14-7-5-12-39(41)47-18-9-16-45(37)53(47)49)20-22-43(51)44-23-21-36(31-52(44)57)38-25-27-50-42-15-8-6-13-40(42)48-19-10-17-46(38)54(48)50/h5-10,12-27,30-31H,1,3,11,28-29,32H2,2,4H3. The van der Waals surface area contributed by atoms with Gasteiger partial charge in [0, 0.05) is 11.1 Å². The maximum Gasteiger partial charge on any atom is 0.333 e. The number of carbonyl (C=O) groups is 2. The van der Waals surface area contributed by atoms with E-state index in [1.165, 1.54) is 66.1 Å². The Balaban J connectivity index is 1.09. The summed E-state index contributed by atoms with van der Waals surface area (Å²) in [5.41, 5.74) is 18.8. The molecule has 0 amide bonds. The molecule has 0 aliphatic heterocycles. The number of carbonyl (C=O) groups excluding carboxylic acids is 2. The van der Waals surface area contributed by atoms with Crippen LogP contribution in [0.3, 0.4) is 0 Å². The van der Waals surface area contributed by atoms with Gasteiger partial charge in [-0.1, -0.05) is 147 Å². The molecule has 3 aliphatic rings. The van der Waals surface area contributed by atoms with Crippen LogP contribution in [0.1, 0.15) is 37.8 Å². The molecule has 11 rings (SSSR count). The minimum Gasteiger partial charge on any atom is -0.462 e. The van der Waals surface area contributed by atoms with Gasteiger partial charge in [0.2, 0.25) is 0 Å². The van der Waals surface area contributed by atoms with Crippen LogP contribution in [0.5, 0.6) is 0 Å². The Morgan fingerprint density at radius 2 is 0.852 bits per heavy atom. The zero-order valence-electron chi connectivity index (χ0n) is 34.2. The fourth-order valence-electron chi connectivity index (χ4n) is 10.4. The highest BCUT2D eigenvalue weighted by Gasteiger charge is 2.45. The van der Waals surface area contributed by atoms with E-state index in [4.69, 9.17) is 9.47 Å². The molecular formula is C57H42O4. The summed E-state index contributed by atoms with van der Waals surface area (Å²) in [4.78, 5) is 25.9. The number of benzene rings is 8. The number of fused-ring (bicyclic) bond motifs is 9. The van der Waals surface area contributed by atoms with Gasteiger partial charge in [0.15, 0.2) is 0 Å². The fraction of sp³-hybridized carbons (Fsp3) is 0.123. The van der Waals surface area contributed by atoms with Crippen molar-refractivity contribution in [1.82, 2.24) is 0 Å². The number of esters is 2. The van der Waals surface area contributed by atoms with Crippen molar-refractivity contribution in [3.05, 3.63) is 181 Å². The lowest BCUT2D eigenvalue weighted by molar-refractivity contribution is -0.140. The van der Waals surface area contributed by atoms with Gasteiger partial charge in [-0.25, -0.2) is 9.59 Å². The van der Waals surface area contributed by atoms with E-state index in [1.54, 1.807) is 13.8 Å². The van der Waals surface area contributed by atoms with Gasteiger partial charge < -0.3 is 9.47 Å². The lowest BCUT2D eigenvalue weighted by Crippen LogP contribution is -2.33. The molecule has 0 unspecified atom stereocenters. The Bertz CT molecular complexity index is 3010. The summed E-state index contributed by atoms with van der Waals surface area (Å²) in [5, 5.41) is 4.93. The Kier molecular flexibility index (Phi) is 8.37. The highest BCUT2D eigenvalue weighted by molar-refractivity contribution is 6.20. The topological polar surface area (TPSA) is 52.6 Å². The van der Waals surface area contributed by atoms with Crippen molar-refractivity contribution in [2.45, 2.75) is 32.1 Å². The van der Waals surface area contributed by atoms with Crippen LogP contribution in [0.15, 0.2) is 170 Å². The zero-order chi connectivity index (χ0) is 41.6. The van der Waals surface area contributed by atoms with Gasteiger partial charge in [-0.15, -0.1) is 0 Å². The molecule has 3 aliphatic carbocycles. The van der Waals surface area contributed by atoms with Crippen molar-refractivity contribution >= 4 is 33.5 Å². The second-order valence-electron chi connectivity index (χ2n) is 16.8. The fourth-order valence-corrected chi connectivity index (χ4v) is 10.4. The van der Waals surface area contributed by atoms with E-state index in [2.05, 4.69) is 159 Å². The van der Waals surface area contributed by atoms with Gasteiger partial charge in [0.25, 0.3) is 0 Å². The molecule has 0 aromatic heterocycles. The quantitative estimate of drug-likeness (QED) is 0.0786. The van der Waals surface area contributed by atoms with Crippen molar-refractivity contribution in [3.8, 4) is 77.9 Å². The van der Waals surface area contributed by atoms with Gasteiger partial charge in [0.05, 0.1) is 12.0 Å². The van der Waals surface area contributed by atoms with Crippen molar-refractivity contribution in [2.24, 2.45) is 0 Å². The molecular weight excluding hydrogens is 749 g/mol. The summed E-state index contributed by atoms with van der Waals surface area (Å²) in [5.74, 6) is -0.850. The number of ether oxygens (including phenoxy) is 2. The van der Waals surface area contributed by atoms with Gasteiger partial charge in [-0.05, 0) is 149 Å². The largest absolute Gasteiger partial charge is 0.462 e. The Morgan fingerprint density at radius 1 is 0.459 bits per heavy atom. The zero-order valence-corrected chi connectivity index (χ0v) is 34.2. The molecule has 61 heavy (non-hydrogen) atoms. The van der Waals surface area contributed by atoms with E-state index in [1.807, 2.05) is 0 Å². The van der Waals surface area contributed by atoms with Gasteiger partial charge in [-0.3, -0.25) is 0 Å². The van der Waals surface area contributed by atoms with E-state index >= 15 is 0 Å². The van der Waals surface area contributed by atoms with Crippen molar-refractivity contribution in [3.63, 3.8) is 0 Å². The maximum absolute atomic E-state index is 13.4. The van der Waals surface area contributed by atoms with E-state index in [0.717, 1.165) is 44.5 Å². The summed E-state index contributed by atoms with van der Waals surface area (Å²) in [6.45, 7) is 11.3. The molecule has 0 radical (unpaired) electrons. The summed E-state index contributed by atoms with van der Waals surface area (Å²) in [7, 11) is 0. The van der Waals surface area contributed by atoms with Crippen LogP contribution in [-0.4, -0.2) is 25.2 Å². The van der Waals surface area contributed by atoms with Crippen LogP contribution in [0.2, 0.25) is 0 Å². The average Bonchev–Trinajstić information content (AvgIpc) is 3.89. The maximum atomic E-state index is 13.4. The van der Waals surface area contributed by atoms with Crippen LogP contribution in [0, 0.1) is 0 Å². The molecule has 8 aromatic carbocycles. The van der Waals surface area contributed by atoms with Crippen LogP contribution < -0.4 is 0 Å². The minimum atomic E-state index is -0.770. The third-order valence-electron chi connectivity index (χ3n) is 13.2. The number of hydrogen-bond acceptors (Lipinski definition) is 4. The molecule has 0 saturated carbocycles. The van der Waals surface area contributed by atoms with Crippen molar-refractivity contribution < 1.29 is 19.1 Å². The molecule has 0 spiro atoms. The third kappa shape index (κ3) is 5.52. The van der Waals surface area contributed by atoms with Crippen LogP contribution >= 0.6 is 0 Å². The van der Waals surface area contributed by atoms with Crippen LogP contribution in [0.25, 0.3) is 99.4 Å². The summed E-state index contributed by atoms with van der Waals surface area (Å²) in [6.07, 6.45) is 1.10. The average molecular weight is 791 g/mol. The van der Waals surface area contributed by atoms with Crippen molar-refractivity contribution in [2.75, 3.05) is 13.2 Å². The second kappa shape index (κ2) is 13.9. The molecule has 0 atom stereocenters. The van der Waals surface area contributed by atoms with E-state index < -0.39 is 17.4 Å². The first-order valence-electron chi connectivity index (χ1n) is 21.0. The second-order valence-corrected chi connectivity index (χ2v) is 16.8. The third-order valence-corrected chi connectivity index (χ3v) is 13.2. The monoisotopic (exact) mass is 790 g/mol. The highest BCUT2D eigenvalue weighted by Crippen LogP contribution is 2.56. The smallest absolute Gasteiger partial charge is 0.333 e. The Hall–Kier alpha value is -7.30.